The summed E-state index contributed by atoms with van der Waals surface area (Å²) < 4.78 is 13.0. The monoisotopic (exact) mass is 441 g/mol. The molecule has 166 valence electrons. The molecular weight excluding hydrogens is 418 g/mol. The van der Waals surface area contributed by atoms with Crippen LogP contribution in [0.5, 0.6) is 11.5 Å². The number of aliphatic carboxylic acids is 1. The molecule has 0 aliphatic carbocycles. The first-order valence-corrected chi connectivity index (χ1v) is 10.4. The molecule has 0 unspecified atom stereocenters. The van der Waals surface area contributed by atoms with Crippen molar-refractivity contribution in [3.8, 4) is 34.5 Å². The van der Waals surface area contributed by atoms with E-state index in [1.807, 2.05) is 60.8 Å². The van der Waals surface area contributed by atoms with Crippen molar-refractivity contribution in [3.63, 3.8) is 0 Å². The van der Waals surface area contributed by atoms with Crippen LogP contribution in [0.25, 0.3) is 16.8 Å². The fourth-order valence-corrected chi connectivity index (χ4v) is 3.60. The van der Waals surface area contributed by atoms with E-state index in [9.17, 15) is 4.79 Å². The van der Waals surface area contributed by atoms with Crippen molar-refractivity contribution in [1.82, 2.24) is 14.6 Å². The first kappa shape index (κ1) is 21.9. The smallest absolute Gasteiger partial charge is 0.304 e. The summed E-state index contributed by atoms with van der Waals surface area (Å²) in [5, 5.41) is 13.4. The van der Waals surface area contributed by atoms with Gasteiger partial charge in [0.2, 0.25) is 0 Å². The Bertz CT molecular complexity index is 1320. The van der Waals surface area contributed by atoms with Gasteiger partial charge in [-0.25, -0.2) is 9.50 Å². The van der Waals surface area contributed by atoms with Crippen LogP contribution in [0, 0.1) is 11.8 Å². The number of hydrogen-bond acceptors (Lipinski definition) is 5. The third-order valence-corrected chi connectivity index (χ3v) is 5.25. The van der Waals surface area contributed by atoms with E-state index in [1.165, 1.54) is 6.33 Å². The van der Waals surface area contributed by atoms with Gasteiger partial charge in [0.05, 0.1) is 19.4 Å². The normalized spacial score (nSPS) is 11.5. The SMILES string of the molecule is CC#C[C@@H](CC(=O)O)c1ccc(OCc2cc(-c3ccc(OC)cc3)cn3ncnc23)cc1. The zero-order valence-corrected chi connectivity index (χ0v) is 18.4. The van der Waals surface area contributed by atoms with Crippen molar-refractivity contribution >= 4 is 11.6 Å². The Morgan fingerprint density at radius 2 is 1.82 bits per heavy atom. The fourth-order valence-electron chi connectivity index (χ4n) is 3.60. The van der Waals surface area contributed by atoms with E-state index in [4.69, 9.17) is 14.6 Å². The van der Waals surface area contributed by atoms with Crippen molar-refractivity contribution < 1.29 is 19.4 Å². The Labute approximate surface area is 191 Å². The second-order valence-corrected chi connectivity index (χ2v) is 7.41. The zero-order valence-electron chi connectivity index (χ0n) is 18.4. The Hall–Kier alpha value is -4.31. The second kappa shape index (κ2) is 9.88. The molecule has 0 spiro atoms. The van der Waals surface area contributed by atoms with Gasteiger partial charge in [-0.15, -0.1) is 5.92 Å². The molecule has 4 rings (SSSR count). The van der Waals surface area contributed by atoms with Crippen molar-refractivity contribution in [1.29, 1.82) is 0 Å². The van der Waals surface area contributed by atoms with Crippen LogP contribution in [0.15, 0.2) is 67.1 Å². The Morgan fingerprint density at radius 1 is 1.09 bits per heavy atom. The number of aromatic nitrogens is 3. The summed E-state index contributed by atoms with van der Waals surface area (Å²) >= 11 is 0. The van der Waals surface area contributed by atoms with Gasteiger partial charge in [0, 0.05) is 17.3 Å². The highest BCUT2D eigenvalue weighted by Gasteiger charge is 2.14. The predicted octanol–water partition coefficient (Wildman–Crippen LogP) is 4.57. The molecule has 2 aromatic carbocycles. The summed E-state index contributed by atoms with van der Waals surface area (Å²) in [6, 6.07) is 17.2. The van der Waals surface area contributed by atoms with Crippen molar-refractivity contribution in [2.75, 3.05) is 7.11 Å². The van der Waals surface area contributed by atoms with Gasteiger partial charge in [-0.05, 0) is 48.4 Å². The van der Waals surface area contributed by atoms with Gasteiger partial charge in [0.25, 0.3) is 0 Å². The quantitative estimate of drug-likeness (QED) is 0.403. The van der Waals surface area contributed by atoms with E-state index < -0.39 is 5.97 Å². The molecule has 0 amide bonds. The van der Waals surface area contributed by atoms with Crippen LogP contribution < -0.4 is 9.47 Å². The van der Waals surface area contributed by atoms with Gasteiger partial charge in [-0.2, -0.15) is 5.10 Å². The first-order chi connectivity index (χ1) is 16.1. The lowest BCUT2D eigenvalue weighted by Crippen LogP contribution is -2.05. The molecule has 0 aliphatic heterocycles. The summed E-state index contributed by atoms with van der Waals surface area (Å²) in [4.78, 5) is 15.5. The molecular formula is C26H23N3O4. The van der Waals surface area contributed by atoms with Crippen LogP contribution in [0.1, 0.15) is 30.4 Å². The average molecular weight is 441 g/mol. The van der Waals surface area contributed by atoms with Crippen LogP contribution in [0.4, 0.5) is 0 Å². The third kappa shape index (κ3) is 5.13. The molecule has 0 radical (unpaired) electrons. The Morgan fingerprint density at radius 3 is 2.48 bits per heavy atom. The summed E-state index contributed by atoms with van der Waals surface area (Å²) in [5.74, 6) is 6.00. The minimum atomic E-state index is -0.878. The van der Waals surface area contributed by atoms with E-state index in [-0.39, 0.29) is 12.3 Å². The zero-order chi connectivity index (χ0) is 23.2. The molecule has 33 heavy (non-hydrogen) atoms. The molecule has 0 aliphatic rings. The van der Waals surface area contributed by atoms with E-state index in [0.717, 1.165) is 33.7 Å². The number of rotatable bonds is 8. The lowest BCUT2D eigenvalue weighted by Gasteiger charge is -2.12. The molecule has 0 saturated carbocycles. The summed E-state index contributed by atoms with van der Waals surface area (Å²) in [7, 11) is 1.64. The molecule has 7 nitrogen and oxygen atoms in total. The number of ether oxygens (including phenoxy) is 2. The standard InChI is InChI=1S/C26H23N3O4/c1-3-4-20(14-25(30)31)18-7-11-24(12-8-18)33-16-22-13-21(15-29-26(22)27-17-28-29)19-5-9-23(32-2)10-6-19/h5-13,15,17,20H,14,16H2,1-2H3,(H,30,31)/t20-/m0/s1. The minimum absolute atomic E-state index is 0.0376. The fraction of sp³-hybridized carbons (Fsp3) is 0.192. The Balaban J connectivity index is 1.54. The maximum Gasteiger partial charge on any atom is 0.304 e. The second-order valence-electron chi connectivity index (χ2n) is 7.41. The van der Waals surface area contributed by atoms with Gasteiger partial charge in [-0.3, -0.25) is 4.79 Å². The molecule has 0 saturated heterocycles. The highest BCUT2D eigenvalue weighted by atomic mass is 16.5. The lowest BCUT2D eigenvalue weighted by atomic mass is 9.96. The lowest BCUT2D eigenvalue weighted by molar-refractivity contribution is -0.137. The molecule has 4 aromatic rings. The van der Waals surface area contributed by atoms with Gasteiger partial charge in [0.1, 0.15) is 24.4 Å². The van der Waals surface area contributed by atoms with E-state index in [0.29, 0.717) is 12.4 Å². The molecule has 2 heterocycles. The average Bonchev–Trinajstić information content (AvgIpc) is 3.31. The van der Waals surface area contributed by atoms with Crippen molar-refractivity contribution in [3.05, 3.63) is 78.2 Å². The molecule has 2 aromatic heterocycles. The van der Waals surface area contributed by atoms with Crippen LogP contribution in [-0.4, -0.2) is 32.8 Å². The summed E-state index contributed by atoms with van der Waals surface area (Å²) in [5.41, 5.74) is 4.48. The molecule has 1 atom stereocenters. The van der Waals surface area contributed by atoms with Crippen molar-refractivity contribution in [2.24, 2.45) is 0 Å². The summed E-state index contributed by atoms with van der Waals surface area (Å²) in [6.07, 6.45) is 3.41. The molecule has 0 fully saturated rings. The maximum atomic E-state index is 11.1. The van der Waals surface area contributed by atoms with Gasteiger partial charge >= 0.3 is 5.97 Å². The number of pyridine rings is 1. The van der Waals surface area contributed by atoms with Crippen LogP contribution >= 0.6 is 0 Å². The number of hydrogen-bond donors (Lipinski definition) is 1. The van der Waals surface area contributed by atoms with Crippen molar-refractivity contribution in [2.45, 2.75) is 25.9 Å². The van der Waals surface area contributed by atoms with E-state index in [2.05, 4.69) is 21.9 Å². The highest BCUT2D eigenvalue weighted by molar-refractivity contribution is 5.69. The third-order valence-electron chi connectivity index (χ3n) is 5.25. The number of carboxylic acid groups (broad SMARTS) is 1. The van der Waals surface area contributed by atoms with Crippen LogP contribution in [0.2, 0.25) is 0 Å². The number of methoxy groups -OCH3 is 1. The number of carboxylic acids is 1. The highest BCUT2D eigenvalue weighted by Crippen LogP contribution is 2.26. The largest absolute Gasteiger partial charge is 0.497 e. The molecule has 1 N–H and O–H groups in total. The predicted molar refractivity (Wildman–Crippen MR) is 124 cm³/mol. The topological polar surface area (TPSA) is 86.0 Å². The summed E-state index contributed by atoms with van der Waals surface area (Å²) in [6.45, 7) is 2.01. The molecule has 7 heteroatoms. The van der Waals surface area contributed by atoms with Gasteiger partial charge in [-0.1, -0.05) is 30.2 Å². The number of nitrogens with zero attached hydrogens (tertiary/aromatic N) is 3. The number of benzene rings is 2. The Kier molecular flexibility index (Phi) is 6.56. The van der Waals surface area contributed by atoms with E-state index >= 15 is 0 Å². The van der Waals surface area contributed by atoms with Gasteiger partial charge < -0.3 is 14.6 Å². The minimum Gasteiger partial charge on any atom is -0.497 e. The van der Waals surface area contributed by atoms with Gasteiger partial charge in [0.15, 0.2) is 5.65 Å². The maximum absolute atomic E-state index is 11.1. The van der Waals surface area contributed by atoms with Crippen LogP contribution in [0.3, 0.4) is 0 Å². The molecule has 0 bridgehead atoms. The van der Waals surface area contributed by atoms with Crippen LogP contribution in [-0.2, 0) is 11.4 Å². The first-order valence-electron chi connectivity index (χ1n) is 10.4. The number of fused-ring (bicyclic) bond motifs is 1. The van der Waals surface area contributed by atoms with E-state index in [1.54, 1.807) is 18.5 Å². The number of carbonyl (C=O) groups is 1.